The molecule has 1 saturated heterocycles. The summed E-state index contributed by atoms with van der Waals surface area (Å²) >= 11 is 0. The van der Waals surface area contributed by atoms with Gasteiger partial charge in [0.2, 0.25) is 0 Å². The predicted octanol–water partition coefficient (Wildman–Crippen LogP) is 3.58. The highest BCUT2D eigenvalue weighted by Crippen LogP contribution is 2.33. The van der Waals surface area contributed by atoms with Crippen LogP contribution < -0.4 is 4.74 Å². The molecule has 1 fully saturated rings. The molecule has 0 amide bonds. The number of carboxylic acid groups (broad SMARTS) is 2. The summed E-state index contributed by atoms with van der Waals surface area (Å²) < 4.78 is 7.21. The topological polar surface area (TPSA) is 95.2 Å². The number of piperazine rings is 1. The van der Waals surface area contributed by atoms with E-state index in [9.17, 15) is 14.7 Å². The van der Waals surface area contributed by atoms with E-state index < -0.39 is 18.0 Å². The minimum Gasteiger partial charge on any atom is -0.497 e. The third-order valence-corrected chi connectivity index (χ3v) is 6.46. The van der Waals surface area contributed by atoms with E-state index in [0.29, 0.717) is 24.4 Å². The number of aliphatic carboxylic acids is 2. The summed E-state index contributed by atoms with van der Waals surface area (Å²) in [6, 6.07) is 14.8. The molecule has 2 N–H and O–H groups in total. The van der Waals surface area contributed by atoms with Crippen LogP contribution in [0.15, 0.2) is 60.8 Å². The van der Waals surface area contributed by atoms with Gasteiger partial charge in [0, 0.05) is 61.9 Å². The molecule has 1 atom stereocenters. The highest BCUT2D eigenvalue weighted by molar-refractivity contribution is 5.90. The van der Waals surface area contributed by atoms with Crippen LogP contribution in [0, 0.1) is 0 Å². The number of hydrogen-bond acceptors (Lipinski definition) is 5. The molecule has 4 rings (SSSR count). The highest BCUT2D eigenvalue weighted by Gasteiger charge is 2.32. The van der Waals surface area contributed by atoms with Crippen molar-refractivity contribution in [1.29, 1.82) is 0 Å². The van der Waals surface area contributed by atoms with Gasteiger partial charge in [0.15, 0.2) is 0 Å². The van der Waals surface area contributed by atoms with E-state index in [0.717, 1.165) is 36.1 Å². The Balaban J connectivity index is 1.51. The maximum Gasteiger partial charge on any atom is 0.325 e. The Morgan fingerprint density at radius 2 is 1.80 bits per heavy atom. The van der Waals surface area contributed by atoms with E-state index in [1.807, 2.05) is 39.8 Å². The largest absolute Gasteiger partial charge is 0.497 e. The van der Waals surface area contributed by atoms with Gasteiger partial charge in [0.05, 0.1) is 13.5 Å². The van der Waals surface area contributed by atoms with E-state index in [2.05, 4.69) is 29.2 Å². The first kappa shape index (κ1) is 24.5. The number of aryl methyl sites for hydroxylation is 1. The van der Waals surface area contributed by atoms with Crippen molar-refractivity contribution in [3.8, 4) is 5.75 Å². The lowest BCUT2D eigenvalue weighted by molar-refractivity contribution is -0.144. The average molecular weight is 478 g/mol. The Morgan fingerprint density at radius 3 is 2.46 bits per heavy atom. The van der Waals surface area contributed by atoms with Crippen LogP contribution in [-0.2, 0) is 16.1 Å². The second-order valence-electron chi connectivity index (χ2n) is 8.70. The molecule has 3 aromatic rings. The number of carbonyl (C=O) groups is 2. The van der Waals surface area contributed by atoms with E-state index >= 15 is 0 Å². The lowest BCUT2D eigenvalue weighted by Gasteiger charge is -2.37. The quantitative estimate of drug-likeness (QED) is 0.461. The lowest BCUT2D eigenvalue weighted by atomic mass is 10.0. The van der Waals surface area contributed by atoms with Gasteiger partial charge in [-0.1, -0.05) is 42.5 Å². The standard InChI is InChI=1S/C27H31N3O5/c1-35-21-9-10-24-22(18-21)23(19-30(24)13-11-25(31)32)26(27(33)34)29-16-14-28(15-17-29)12-5-8-20-6-3-2-4-7-20/h2-10,18-19,26H,11-17H2,1H3,(H,31,32)(H,33,34). The van der Waals surface area contributed by atoms with Gasteiger partial charge in [0.25, 0.3) is 0 Å². The van der Waals surface area contributed by atoms with Gasteiger partial charge < -0.3 is 19.5 Å². The second-order valence-corrected chi connectivity index (χ2v) is 8.70. The molecule has 1 unspecified atom stereocenters. The SMILES string of the molecule is COc1ccc2c(c1)c(C(C(=O)O)N1CCN(CC=Cc3ccccc3)CC1)cn2CCC(=O)O. The van der Waals surface area contributed by atoms with E-state index in [1.165, 1.54) is 0 Å². The molecule has 8 nitrogen and oxygen atoms in total. The number of aromatic nitrogens is 1. The van der Waals surface area contributed by atoms with Crippen LogP contribution in [0.5, 0.6) is 5.75 Å². The van der Waals surface area contributed by atoms with Crippen LogP contribution in [0.2, 0.25) is 0 Å². The van der Waals surface area contributed by atoms with Crippen molar-refractivity contribution in [2.45, 2.75) is 19.0 Å². The molecule has 35 heavy (non-hydrogen) atoms. The molecule has 0 bridgehead atoms. The van der Waals surface area contributed by atoms with Crippen molar-refractivity contribution in [1.82, 2.24) is 14.4 Å². The van der Waals surface area contributed by atoms with Crippen molar-refractivity contribution in [2.75, 3.05) is 39.8 Å². The molecule has 0 aliphatic carbocycles. The Morgan fingerprint density at radius 1 is 1.06 bits per heavy atom. The van der Waals surface area contributed by atoms with Crippen LogP contribution in [0.4, 0.5) is 0 Å². The Bertz CT molecular complexity index is 1200. The minimum absolute atomic E-state index is 0.0395. The van der Waals surface area contributed by atoms with Crippen LogP contribution in [0.3, 0.4) is 0 Å². The second kappa shape index (κ2) is 11.2. The number of carboxylic acids is 2. The molecule has 1 aliphatic heterocycles. The molecule has 0 radical (unpaired) electrons. The first-order chi connectivity index (χ1) is 17.0. The zero-order valence-electron chi connectivity index (χ0n) is 19.8. The minimum atomic E-state index is -0.914. The molecule has 0 spiro atoms. The predicted molar refractivity (Wildman–Crippen MR) is 135 cm³/mol. The van der Waals surface area contributed by atoms with Gasteiger partial charge in [-0.2, -0.15) is 0 Å². The van der Waals surface area contributed by atoms with Crippen LogP contribution in [-0.4, -0.2) is 76.4 Å². The first-order valence-electron chi connectivity index (χ1n) is 11.8. The van der Waals surface area contributed by atoms with Gasteiger partial charge in [-0.05, 0) is 23.8 Å². The van der Waals surface area contributed by atoms with Crippen molar-refractivity contribution in [3.63, 3.8) is 0 Å². The van der Waals surface area contributed by atoms with Crippen LogP contribution in [0.25, 0.3) is 17.0 Å². The summed E-state index contributed by atoms with van der Waals surface area (Å²) in [5, 5.41) is 20.1. The fourth-order valence-electron chi connectivity index (χ4n) is 4.64. The molecule has 1 aromatic heterocycles. The van der Waals surface area contributed by atoms with E-state index in [1.54, 1.807) is 19.4 Å². The Kier molecular flexibility index (Phi) is 7.84. The lowest BCUT2D eigenvalue weighted by Crippen LogP contribution is -2.49. The van der Waals surface area contributed by atoms with Crippen molar-refractivity contribution >= 4 is 28.9 Å². The molecule has 0 saturated carbocycles. The van der Waals surface area contributed by atoms with E-state index in [4.69, 9.17) is 9.84 Å². The molecule has 1 aliphatic rings. The number of benzene rings is 2. The number of fused-ring (bicyclic) bond motifs is 1. The molecule has 2 aromatic carbocycles. The molecular weight excluding hydrogens is 446 g/mol. The highest BCUT2D eigenvalue weighted by atomic mass is 16.5. The zero-order chi connectivity index (χ0) is 24.8. The van der Waals surface area contributed by atoms with Gasteiger partial charge >= 0.3 is 11.9 Å². The number of hydrogen-bond donors (Lipinski definition) is 2. The fourth-order valence-corrected chi connectivity index (χ4v) is 4.64. The van der Waals surface area contributed by atoms with E-state index in [-0.39, 0.29) is 13.0 Å². The maximum atomic E-state index is 12.5. The normalized spacial score (nSPS) is 16.0. The molecule has 184 valence electrons. The third-order valence-electron chi connectivity index (χ3n) is 6.46. The van der Waals surface area contributed by atoms with Crippen molar-refractivity contribution in [2.24, 2.45) is 0 Å². The number of ether oxygens (including phenoxy) is 1. The monoisotopic (exact) mass is 477 g/mol. The summed E-state index contributed by atoms with van der Waals surface area (Å²) in [5.41, 5.74) is 2.62. The summed E-state index contributed by atoms with van der Waals surface area (Å²) in [6.45, 7) is 3.87. The van der Waals surface area contributed by atoms with Crippen LogP contribution >= 0.6 is 0 Å². The Labute approximate surface area is 204 Å². The smallest absolute Gasteiger partial charge is 0.325 e. The zero-order valence-corrected chi connectivity index (χ0v) is 19.8. The average Bonchev–Trinajstić information content (AvgIpc) is 3.21. The summed E-state index contributed by atoms with van der Waals surface area (Å²) in [7, 11) is 1.57. The van der Waals surface area contributed by atoms with Crippen molar-refractivity contribution in [3.05, 3.63) is 71.9 Å². The maximum absolute atomic E-state index is 12.5. The number of methoxy groups -OCH3 is 1. The first-order valence-corrected chi connectivity index (χ1v) is 11.8. The molecule has 8 heteroatoms. The van der Waals surface area contributed by atoms with Crippen molar-refractivity contribution < 1.29 is 24.5 Å². The molecular formula is C27H31N3O5. The Hall–Kier alpha value is -3.62. The summed E-state index contributed by atoms with van der Waals surface area (Å²) in [4.78, 5) is 27.9. The fraction of sp³-hybridized carbons (Fsp3) is 0.333. The van der Waals surface area contributed by atoms with Crippen LogP contribution in [0.1, 0.15) is 23.6 Å². The van der Waals surface area contributed by atoms with Gasteiger partial charge in [-0.3, -0.25) is 19.4 Å². The van der Waals surface area contributed by atoms with Gasteiger partial charge in [-0.25, -0.2) is 0 Å². The molecule has 2 heterocycles. The number of nitrogens with zero attached hydrogens (tertiary/aromatic N) is 3. The van der Waals surface area contributed by atoms with Gasteiger partial charge in [0.1, 0.15) is 11.8 Å². The number of rotatable bonds is 10. The van der Waals surface area contributed by atoms with Gasteiger partial charge in [-0.15, -0.1) is 0 Å². The third kappa shape index (κ3) is 5.90. The summed E-state index contributed by atoms with van der Waals surface area (Å²) in [5.74, 6) is -1.18. The summed E-state index contributed by atoms with van der Waals surface area (Å²) in [6.07, 6.45) is 6.00.